The largest absolute Gasteiger partial charge is 0.493 e. The van der Waals surface area contributed by atoms with E-state index in [-0.39, 0.29) is 5.69 Å². The zero-order valence-corrected chi connectivity index (χ0v) is 17.6. The van der Waals surface area contributed by atoms with Gasteiger partial charge >= 0.3 is 5.97 Å². The summed E-state index contributed by atoms with van der Waals surface area (Å²) in [4.78, 5) is 15.1. The van der Waals surface area contributed by atoms with Crippen molar-refractivity contribution in [3.8, 4) is 16.9 Å². The van der Waals surface area contributed by atoms with Crippen LogP contribution in [-0.2, 0) is 6.42 Å². The van der Waals surface area contributed by atoms with Crippen LogP contribution in [0.5, 0.6) is 5.75 Å². The van der Waals surface area contributed by atoms with E-state index in [0.717, 1.165) is 50.5 Å². The average Bonchev–Trinajstić information content (AvgIpc) is 3.45. The molecule has 0 fully saturated rings. The molecule has 154 valence electrons. The molecule has 5 heteroatoms. The highest BCUT2D eigenvalue weighted by atomic mass is 32.1. The first-order chi connectivity index (χ1) is 15.2. The summed E-state index contributed by atoms with van der Waals surface area (Å²) >= 11 is 1.63. The molecule has 0 aliphatic carbocycles. The van der Waals surface area contributed by atoms with Crippen molar-refractivity contribution >= 4 is 39.0 Å². The Labute approximate surface area is 183 Å². The molecule has 0 amide bonds. The van der Waals surface area contributed by atoms with Gasteiger partial charge in [-0.25, -0.2) is 4.79 Å². The van der Waals surface area contributed by atoms with Crippen molar-refractivity contribution in [2.45, 2.75) is 12.8 Å². The lowest BCUT2D eigenvalue weighted by Crippen LogP contribution is -2.04. The first-order valence-electron chi connectivity index (χ1n) is 10.2. The number of carboxylic acid groups (broad SMARTS) is 1. The Hall–Kier alpha value is -3.57. The number of fused-ring (bicyclic) bond motifs is 2. The number of aromatic amines is 1. The number of benzene rings is 3. The number of hydrogen-bond donors (Lipinski definition) is 2. The summed E-state index contributed by atoms with van der Waals surface area (Å²) in [5, 5.41) is 17.1. The SMILES string of the molecule is O=C(O)c1[nH]c2c(-c3ccsc3)cccc2c1CCCOc1cccc2ccccc12. The minimum Gasteiger partial charge on any atom is -0.493 e. The zero-order valence-electron chi connectivity index (χ0n) is 16.8. The fraction of sp³-hybridized carbons (Fsp3) is 0.115. The predicted octanol–water partition coefficient (Wildman–Crippen LogP) is 6.76. The van der Waals surface area contributed by atoms with Crippen molar-refractivity contribution in [1.82, 2.24) is 4.98 Å². The number of rotatable bonds is 7. The summed E-state index contributed by atoms with van der Waals surface area (Å²) in [6, 6.07) is 22.2. The fourth-order valence-corrected chi connectivity index (χ4v) is 4.78. The van der Waals surface area contributed by atoms with Gasteiger partial charge in [-0.3, -0.25) is 0 Å². The highest BCUT2D eigenvalue weighted by molar-refractivity contribution is 7.08. The Morgan fingerprint density at radius 2 is 1.77 bits per heavy atom. The van der Waals surface area contributed by atoms with Crippen molar-refractivity contribution in [3.05, 3.63) is 88.7 Å². The van der Waals surface area contributed by atoms with Gasteiger partial charge in [-0.15, -0.1) is 0 Å². The van der Waals surface area contributed by atoms with Crippen molar-refractivity contribution < 1.29 is 14.6 Å². The van der Waals surface area contributed by atoms with Crippen LogP contribution in [0.1, 0.15) is 22.5 Å². The Kier molecular flexibility index (Phi) is 5.18. The van der Waals surface area contributed by atoms with Gasteiger partial charge in [-0.1, -0.05) is 54.6 Å². The standard InChI is InChI=1S/C26H21NO3S/c28-26(29)25-22(21-10-4-9-20(24(21)27-25)18-13-15-31-16-18)11-5-14-30-23-12-3-7-17-6-1-2-8-19(17)23/h1-4,6-10,12-13,15-16,27H,5,11,14H2,(H,28,29). The second-order valence-corrected chi connectivity index (χ2v) is 8.23. The number of carbonyl (C=O) groups is 1. The molecule has 0 radical (unpaired) electrons. The quantitative estimate of drug-likeness (QED) is 0.282. The minimum absolute atomic E-state index is 0.267. The van der Waals surface area contributed by atoms with E-state index in [0.29, 0.717) is 13.0 Å². The molecule has 0 spiro atoms. The lowest BCUT2D eigenvalue weighted by atomic mass is 10.0. The molecule has 0 aliphatic rings. The summed E-state index contributed by atoms with van der Waals surface area (Å²) < 4.78 is 6.06. The molecule has 3 aromatic carbocycles. The van der Waals surface area contributed by atoms with Gasteiger partial charge in [0.15, 0.2) is 0 Å². The van der Waals surface area contributed by atoms with Gasteiger partial charge in [0.25, 0.3) is 0 Å². The lowest BCUT2D eigenvalue weighted by Gasteiger charge is -2.09. The van der Waals surface area contributed by atoms with Gasteiger partial charge in [0.1, 0.15) is 11.4 Å². The van der Waals surface area contributed by atoms with Crippen LogP contribution in [-0.4, -0.2) is 22.7 Å². The van der Waals surface area contributed by atoms with Gasteiger partial charge in [-0.05, 0) is 52.2 Å². The number of aromatic carboxylic acids is 1. The van der Waals surface area contributed by atoms with Crippen LogP contribution in [0.15, 0.2) is 77.5 Å². The average molecular weight is 428 g/mol. The Morgan fingerprint density at radius 1 is 0.968 bits per heavy atom. The van der Waals surface area contributed by atoms with E-state index < -0.39 is 5.97 Å². The van der Waals surface area contributed by atoms with Gasteiger partial charge in [0.05, 0.1) is 12.1 Å². The van der Waals surface area contributed by atoms with E-state index in [4.69, 9.17) is 4.74 Å². The number of nitrogens with one attached hydrogen (secondary N) is 1. The third-order valence-corrected chi connectivity index (χ3v) is 6.25. The highest BCUT2D eigenvalue weighted by Crippen LogP contribution is 2.33. The number of aromatic nitrogens is 1. The molecule has 0 aliphatic heterocycles. The lowest BCUT2D eigenvalue weighted by molar-refractivity contribution is 0.0690. The topological polar surface area (TPSA) is 62.3 Å². The van der Waals surface area contributed by atoms with Crippen LogP contribution < -0.4 is 4.74 Å². The molecule has 0 saturated heterocycles. The first-order valence-corrected chi connectivity index (χ1v) is 11.2. The molecule has 0 unspecified atom stereocenters. The van der Waals surface area contributed by atoms with E-state index in [1.807, 2.05) is 47.8 Å². The molecule has 0 saturated carbocycles. The molecule has 0 atom stereocenters. The second kappa shape index (κ2) is 8.28. The van der Waals surface area contributed by atoms with Crippen molar-refractivity contribution in [1.29, 1.82) is 0 Å². The molecule has 0 bridgehead atoms. The maximum Gasteiger partial charge on any atom is 0.352 e. The normalized spacial score (nSPS) is 11.2. The van der Waals surface area contributed by atoms with Gasteiger partial charge in [-0.2, -0.15) is 11.3 Å². The van der Waals surface area contributed by atoms with Crippen molar-refractivity contribution in [2.24, 2.45) is 0 Å². The number of H-pyrrole nitrogens is 1. The predicted molar refractivity (Wildman–Crippen MR) is 126 cm³/mol. The molecule has 5 aromatic rings. The van der Waals surface area contributed by atoms with Crippen LogP contribution in [0, 0.1) is 0 Å². The van der Waals surface area contributed by atoms with E-state index in [2.05, 4.69) is 34.6 Å². The Balaban J connectivity index is 1.39. The van der Waals surface area contributed by atoms with Crippen LogP contribution in [0.4, 0.5) is 0 Å². The number of ether oxygens (including phenoxy) is 1. The third-order valence-electron chi connectivity index (χ3n) is 5.57. The summed E-state index contributed by atoms with van der Waals surface area (Å²) in [5.41, 5.74) is 4.10. The monoisotopic (exact) mass is 427 g/mol. The number of hydrogen-bond acceptors (Lipinski definition) is 3. The molecule has 31 heavy (non-hydrogen) atoms. The van der Waals surface area contributed by atoms with E-state index in [9.17, 15) is 9.90 Å². The molecule has 5 rings (SSSR count). The molecular weight excluding hydrogens is 406 g/mol. The van der Waals surface area contributed by atoms with Crippen LogP contribution >= 0.6 is 11.3 Å². The van der Waals surface area contributed by atoms with Crippen molar-refractivity contribution in [3.63, 3.8) is 0 Å². The number of aryl methyl sites for hydroxylation is 1. The maximum absolute atomic E-state index is 11.9. The zero-order chi connectivity index (χ0) is 21.2. The minimum atomic E-state index is -0.933. The molecule has 2 N–H and O–H groups in total. The summed E-state index contributed by atoms with van der Waals surface area (Å²) in [6.45, 7) is 0.518. The Bertz CT molecular complexity index is 1360. The fourth-order valence-electron chi connectivity index (χ4n) is 4.13. The van der Waals surface area contributed by atoms with Crippen molar-refractivity contribution in [2.75, 3.05) is 6.61 Å². The van der Waals surface area contributed by atoms with Gasteiger partial charge in [0.2, 0.25) is 0 Å². The van der Waals surface area contributed by atoms with E-state index in [1.54, 1.807) is 11.3 Å². The number of carboxylic acids is 1. The smallest absolute Gasteiger partial charge is 0.352 e. The van der Waals surface area contributed by atoms with E-state index >= 15 is 0 Å². The Morgan fingerprint density at radius 3 is 2.61 bits per heavy atom. The summed E-state index contributed by atoms with van der Waals surface area (Å²) in [6.07, 6.45) is 1.35. The number of para-hydroxylation sites is 1. The molecule has 4 nitrogen and oxygen atoms in total. The maximum atomic E-state index is 11.9. The summed E-state index contributed by atoms with van der Waals surface area (Å²) in [5.74, 6) is -0.0762. The summed E-state index contributed by atoms with van der Waals surface area (Å²) in [7, 11) is 0. The molecule has 2 heterocycles. The first kappa shape index (κ1) is 19.4. The van der Waals surface area contributed by atoms with Crippen LogP contribution in [0.25, 0.3) is 32.8 Å². The van der Waals surface area contributed by atoms with Crippen LogP contribution in [0.2, 0.25) is 0 Å². The molecular formula is C26H21NO3S. The number of thiophene rings is 1. The van der Waals surface area contributed by atoms with Gasteiger partial charge in [0, 0.05) is 16.3 Å². The molecule has 2 aromatic heterocycles. The van der Waals surface area contributed by atoms with E-state index in [1.165, 1.54) is 0 Å². The van der Waals surface area contributed by atoms with Crippen LogP contribution in [0.3, 0.4) is 0 Å². The van der Waals surface area contributed by atoms with Gasteiger partial charge < -0.3 is 14.8 Å². The third kappa shape index (κ3) is 3.68. The highest BCUT2D eigenvalue weighted by Gasteiger charge is 2.19. The second-order valence-electron chi connectivity index (χ2n) is 7.45.